The molecule has 1 aliphatic rings. The van der Waals surface area contributed by atoms with Crippen LogP contribution in [0.3, 0.4) is 0 Å². The molecule has 1 N–H and O–H groups in total. The zero-order valence-electron chi connectivity index (χ0n) is 11.8. The molecule has 19 heavy (non-hydrogen) atoms. The van der Waals surface area contributed by atoms with Crippen molar-refractivity contribution < 1.29 is 9.53 Å². The highest BCUT2D eigenvalue weighted by Crippen LogP contribution is 2.33. The second-order valence-corrected chi connectivity index (χ2v) is 4.55. The molecule has 0 saturated carbocycles. The van der Waals surface area contributed by atoms with Crippen molar-refractivity contribution in [2.75, 3.05) is 43.5 Å². The Hall–Kier alpha value is -1.91. The van der Waals surface area contributed by atoms with Gasteiger partial charge in [-0.1, -0.05) is 0 Å². The zero-order valence-corrected chi connectivity index (χ0v) is 11.8. The summed E-state index contributed by atoms with van der Waals surface area (Å²) in [5.41, 5.74) is 1.83. The molecule has 2 rings (SSSR count). The Morgan fingerprint density at radius 1 is 1.42 bits per heavy atom. The topological polar surface area (TPSA) is 44.8 Å². The Morgan fingerprint density at radius 2 is 2.16 bits per heavy atom. The average molecular weight is 263 g/mol. The maximum Gasteiger partial charge on any atom is 0.321 e. The number of ether oxygens (including phenoxy) is 1. The van der Waals surface area contributed by atoms with Crippen molar-refractivity contribution in [3.05, 3.63) is 18.2 Å². The van der Waals surface area contributed by atoms with Crippen LogP contribution in [0.5, 0.6) is 5.75 Å². The largest absolute Gasteiger partial charge is 0.489 e. The predicted molar refractivity (Wildman–Crippen MR) is 77.1 cm³/mol. The minimum atomic E-state index is -0.0749. The van der Waals surface area contributed by atoms with E-state index < -0.39 is 0 Å². The van der Waals surface area contributed by atoms with Gasteiger partial charge < -0.3 is 19.9 Å². The van der Waals surface area contributed by atoms with Gasteiger partial charge in [-0.3, -0.25) is 0 Å². The zero-order chi connectivity index (χ0) is 13.8. The summed E-state index contributed by atoms with van der Waals surface area (Å²) in [5.74, 6) is 0.825. The molecule has 1 aliphatic heterocycles. The van der Waals surface area contributed by atoms with Crippen molar-refractivity contribution in [3.63, 3.8) is 0 Å². The van der Waals surface area contributed by atoms with Crippen LogP contribution in [-0.4, -0.2) is 44.2 Å². The van der Waals surface area contributed by atoms with Crippen LogP contribution in [0.15, 0.2) is 18.2 Å². The molecule has 1 aromatic rings. The molecule has 0 aromatic heterocycles. The molecule has 5 nitrogen and oxygen atoms in total. The number of hydrogen-bond acceptors (Lipinski definition) is 3. The molecule has 0 radical (unpaired) electrons. The number of likely N-dealkylation sites (N-methyl/N-ethyl adjacent to an activating group) is 1. The van der Waals surface area contributed by atoms with Crippen LogP contribution >= 0.6 is 0 Å². The lowest BCUT2D eigenvalue weighted by Gasteiger charge is -2.28. The molecule has 0 saturated heterocycles. The third-order valence-corrected chi connectivity index (χ3v) is 3.36. The lowest BCUT2D eigenvalue weighted by Crippen LogP contribution is -2.34. The van der Waals surface area contributed by atoms with Crippen LogP contribution in [-0.2, 0) is 0 Å². The van der Waals surface area contributed by atoms with E-state index in [4.69, 9.17) is 4.74 Å². The minimum Gasteiger partial charge on any atom is -0.489 e. The molecule has 0 bridgehead atoms. The van der Waals surface area contributed by atoms with Crippen molar-refractivity contribution in [2.24, 2.45) is 0 Å². The SMILES string of the molecule is CCN(CC)C(=O)Nc1ccc2c(c1)OCCN2C. The van der Waals surface area contributed by atoms with E-state index in [1.54, 1.807) is 4.90 Å². The van der Waals surface area contributed by atoms with E-state index in [0.29, 0.717) is 19.7 Å². The highest BCUT2D eigenvalue weighted by Gasteiger charge is 2.16. The van der Waals surface area contributed by atoms with Gasteiger partial charge in [0.15, 0.2) is 0 Å². The normalized spacial score (nSPS) is 13.5. The van der Waals surface area contributed by atoms with Crippen LogP contribution in [0.1, 0.15) is 13.8 Å². The van der Waals surface area contributed by atoms with Crippen molar-refractivity contribution in [1.29, 1.82) is 0 Å². The molecule has 0 aliphatic carbocycles. The van der Waals surface area contributed by atoms with E-state index >= 15 is 0 Å². The summed E-state index contributed by atoms with van der Waals surface area (Å²) >= 11 is 0. The highest BCUT2D eigenvalue weighted by atomic mass is 16.5. The smallest absolute Gasteiger partial charge is 0.321 e. The standard InChI is InChI=1S/C14H21N3O2/c1-4-17(5-2)14(18)15-11-6-7-12-13(10-11)19-9-8-16(12)3/h6-7,10H,4-5,8-9H2,1-3H3,(H,15,18). The molecule has 1 heterocycles. The lowest BCUT2D eigenvalue weighted by atomic mass is 10.2. The van der Waals surface area contributed by atoms with E-state index in [-0.39, 0.29) is 6.03 Å². The van der Waals surface area contributed by atoms with Gasteiger partial charge in [0.2, 0.25) is 0 Å². The number of rotatable bonds is 3. The van der Waals surface area contributed by atoms with Gasteiger partial charge in [0.25, 0.3) is 0 Å². The minimum absolute atomic E-state index is 0.0749. The van der Waals surface area contributed by atoms with Crippen molar-refractivity contribution >= 4 is 17.4 Å². The number of hydrogen-bond donors (Lipinski definition) is 1. The molecule has 2 amide bonds. The van der Waals surface area contributed by atoms with Gasteiger partial charge in [-0.2, -0.15) is 0 Å². The Bertz CT molecular complexity index is 458. The Morgan fingerprint density at radius 3 is 2.84 bits per heavy atom. The van der Waals surface area contributed by atoms with Crippen LogP contribution in [0.2, 0.25) is 0 Å². The monoisotopic (exact) mass is 263 g/mol. The third-order valence-electron chi connectivity index (χ3n) is 3.36. The summed E-state index contributed by atoms with van der Waals surface area (Å²) in [5, 5.41) is 2.90. The molecule has 104 valence electrons. The van der Waals surface area contributed by atoms with Crippen molar-refractivity contribution in [2.45, 2.75) is 13.8 Å². The second-order valence-electron chi connectivity index (χ2n) is 4.55. The van der Waals surface area contributed by atoms with Crippen molar-refractivity contribution in [3.8, 4) is 5.75 Å². The number of carbonyl (C=O) groups is 1. The second kappa shape index (κ2) is 5.82. The summed E-state index contributed by atoms with van der Waals surface area (Å²) < 4.78 is 5.62. The predicted octanol–water partition coefficient (Wildman–Crippen LogP) is 2.39. The van der Waals surface area contributed by atoms with Gasteiger partial charge >= 0.3 is 6.03 Å². The van der Waals surface area contributed by atoms with E-state index in [0.717, 1.165) is 23.7 Å². The molecule has 1 aromatic carbocycles. The fourth-order valence-electron chi connectivity index (χ4n) is 2.15. The first-order valence-electron chi connectivity index (χ1n) is 6.69. The third kappa shape index (κ3) is 2.92. The van der Waals surface area contributed by atoms with Crippen molar-refractivity contribution in [1.82, 2.24) is 4.90 Å². The van der Waals surface area contributed by atoms with E-state index in [2.05, 4.69) is 10.2 Å². The van der Waals surface area contributed by atoms with Gasteiger partial charge in [-0.05, 0) is 26.0 Å². The number of nitrogens with one attached hydrogen (secondary N) is 1. The molecule has 0 unspecified atom stereocenters. The summed E-state index contributed by atoms with van der Waals surface area (Å²) in [6.07, 6.45) is 0. The summed E-state index contributed by atoms with van der Waals surface area (Å²) in [6.45, 7) is 6.90. The number of anilines is 2. The van der Waals surface area contributed by atoms with Gasteiger partial charge in [0, 0.05) is 31.9 Å². The summed E-state index contributed by atoms with van der Waals surface area (Å²) in [4.78, 5) is 15.9. The fraction of sp³-hybridized carbons (Fsp3) is 0.500. The van der Waals surface area contributed by atoms with E-state index in [9.17, 15) is 4.79 Å². The molecule has 0 atom stereocenters. The summed E-state index contributed by atoms with van der Waals surface area (Å²) in [7, 11) is 2.04. The van der Waals surface area contributed by atoms with Gasteiger partial charge in [0.05, 0.1) is 12.2 Å². The Labute approximate surface area is 114 Å². The lowest BCUT2D eigenvalue weighted by molar-refractivity contribution is 0.217. The molecule has 0 spiro atoms. The van der Waals surface area contributed by atoms with Crippen LogP contribution in [0.4, 0.5) is 16.2 Å². The molecular weight excluding hydrogens is 242 g/mol. The van der Waals surface area contributed by atoms with E-state index in [1.807, 2.05) is 39.1 Å². The molecule has 5 heteroatoms. The molecular formula is C14H21N3O2. The highest BCUT2D eigenvalue weighted by molar-refractivity contribution is 5.90. The summed E-state index contributed by atoms with van der Waals surface area (Å²) in [6, 6.07) is 5.69. The fourth-order valence-corrected chi connectivity index (χ4v) is 2.15. The Balaban J connectivity index is 2.12. The number of benzene rings is 1. The van der Waals surface area contributed by atoms with Gasteiger partial charge in [0.1, 0.15) is 12.4 Å². The maximum atomic E-state index is 12.0. The number of fused-ring (bicyclic) bond motifs is 1. The average Bonchev–Trinajstić information content (AvgIpc) is 2.40. The number of carbonyl (C=O) groups excluding carboxylic acids is 1. The van der Waals surface area contributed by atoms with Crippen LogP contribution in [0, 0.1) is 0 Å². The van der Waals surface area contributed by atoms with Crippen LogP contribution in [0.25, 0.3) is 0 Å². The number of amides is 2. The number of urea groups is 1. The maximum absolute atomic E-state index is 12.0. The first kappa shape index (κ1) is 13.5. The quantitative estimate of drug-likeness (QED) is 0.910. The Kier molecular flexibility index (Phi) is 4.14. The first-order valence-corrected chi connectivity index (χ1v) is 6.69. The van der Waals surface area contributed by atoms with E-state index in [1.165, 1.54) is 0 Å². The first-order chi connectivity index (χ1) is 9.15. The van der Waals surface area contributed by atoms with Gasteiger partial charge in [-0.15, -0.1) is 0 Å². The van der Waals surface area contributed by atoms with Gasteiger partial charge in [-0.25, -0.2) is 4.79 Å². The van der Waals surface area contributed by atoms with Crippen LogP contribution < -0.4 is 15.0 Å². The number of nitrogens with zero attached hydrogens (tertiary/aromatic N) is 2. The molecule has 0 fully saturated rings.